The molecule has 4 rings (SSSR count). The molecular formula is C22H20N4O6. The second-order valence-corrected chi connectivity index (χ2v) is 7.14. The number of benzene rings is 1. The molecule has 164 valence electrons. The first-order chi connectivity index (χ1) is 15.4. The number of nitrogens with one attached hydrogen (secondary N) is 3. The van der Waals surface area contributed by atoms with Gasteiger partial charge < -0.3 is 13.9 Å². The van der Waals surface area contributed by atoms with Crippen LogP contribution in [0.3, 0.4) is 0 Å². The smallest absolute Gasteiger partial charge is 0.305 e. The molecule has 4 N–H and O–H groups in total. The summed E-state index contributed by atoms with van der Waals surface area (Å²) in [6, 6.07) is 8.82. The van der Waals surface area contributed by atoms with Crippen molar-refractivity contribution in [1.82, 2.24) is 16.3 Å². The lowest BCUT2D eigenvalue weighted by Gasteiger charge is -2.13. The SMILES string of the molecule is Cc1c(C(=O)NNC(=O)c2ccco2)oc2c1/C(=N/NC(=O)c1ccc(O)cc1)CCC2. The number of rotatable bonds is 4. The maximum atomic E-state index is 12.6. The molecule has 0 aliphatic heterocycles. The lowest BCUT2D eigenvalue weighted by atomic mass is 9.93. The number of carbonyl (C=O) groups is 3. The molecule has 0 saturated heterocycles. The molecule has 0 unspecified atom stereocenters. The normalized spacial score (nSPS) is 14.0. The first-order valence-corrected chi connectivity index (χ1v) is 9.87. The Kier molecular flexibility index (Phi) is 5.75. The maximum absolute atomic E-state index is 12.6. The van der Waals surface area contributed by atoms with Crippen molar-refractivity contribution in [3.05, 3.63) is 76.6 Å². The molecule has 0 radical (unpaired) electrons. The van der Waals surface area contributed by atoms with Crippen LogP contribution in [0.2, 0.25) is 0 Å². The van der Waals surface area contributed by atoms with Crippen LogP contribution in [0.1, 0.15) is 61.2 Å². The molecule has 0 fully saturated rings. The Balaban J connectivity index is 1.49. The Bertz CT molecular complexity index is 1190. The van der Waals surface area contributed by atoms with Crippen LogP contribution < -0.4 is 16.3 Å². The van der Waals surface area contributed by atoms with E-state index in [0.29, 0.717) is 41.0 Å². The number of furan rings is 2. The van der Waals surface area contributed by atoms with E-state index in [-0.39, 0.29) is 17.3 Å². The Morgan fingerprint density at radius 1 is 1.00 bits per heavy atom. The van der Waals surface area contributed by atoms with E-state index in [9.17, 15) is 19.5 Å². The zero-order valence-corrected chi connectivity index (χ0v) is 17.1. The van der Waals surface area contributed by atoms with Crippen molar-refractivity contribution in [3.8, 4) is 5.75 Å². The number of fused-ring (bicyclic) bond motifs is 1. The molecule has 0 saturated carbocycles. The summed E-state index contributed by atoms with van der Waals surface area (Å²) in [5, 5.41) is 13.6. The van der Waals surface area contributed by atoms with Crippen molar-refractivity contribution in [3.63, 3.8) is 0 Å². The van der Waals surface area contributed by atoms with Gasteiger partial charge in [-0.3, -0.25) is 25.2 Å². The third-order valence-electron chi connectivity index (χ3n) is 4.99. The number of aryl methyl sites for hydroxylation is 1. The van der Waals surface area contributed by atoms with E-state index in [1.165, 1.54) is 36.6 Å². The van der Waals surface area contributed by atoms with E-state index < -0.39 is 17.7 Å². The zero-order valence-electron chi connectivity index (χ0n) is 17.1. The summed E-state index contributed by atoms with van der Waals surface area (Å²) in [6.45, 7) is 1.72. The van der Waals surface area contributed by atoms with E-state index >= 15 is 0 Å². The van der Waals surface area contributed by atoms with Crippen LogP contribution in [0, 0.1) is 6.92 Å². The number of hydrazone groups is 1. The van der Waals surface area contributed by atoms with Gasteiger partial charge in [0.2, 0.25) is 0 Å². The molecule has 0 bridgehead atoms. The number of phenols is 1. The number of carbonyl (C=O) groups excluding carboxylic acids is 3. The minimum absolute atomic E-state index is 0.0502. The summed E-state index contributed by atoms with van der Waals surface area (Å²) in [7, 11) is 0. The Labute approximate surface area is 182 Å². The van der Waals surface area contributed by atoms with Crippen molar-refractivity contribution in [2.24, 2.45) is 5.10 Å². The minimum atomic E-state index is -0.621. The fourth-order valence-electron chi connectivity index (χ4n) is 3.43. The molecule has 1 aromatic carbocycles. The van der Waals surface area contributed by atoms with Crippen molar-refractivity contribution < 1.29 is 28.3 Å². The zero-order chi connectivity index (χ0) is 22.7. The molecule has 10 nitrogen and oxygen atoms in total. The number of amides is 3. The predicted molar refractivity (Wildman–Crippen MR) is 112 cm³/mol. The second kappa shape index (κ2) is 8.80. The van der Waals surface area contributed by atoms with Crippen LogP contribution in [-0.2, 0) is 6.42 Å². The molecule has 2 aromatic heterocycles. The van der Waals surface area contributed by atoms with Gasteiger partial charge in [-0.25, -0.2) is 5.43 Å². The van der Waals surface area contributed by atoms with Gasteiger partial charge in [0.15, 0.2) is 11.5 Å². The highest BCUT2D eigenvalue weighted by atomic mass is 16.4. The third kappa shape index (κ3) is 4.24. The summed E-state index contributed by atoms with van der Waals surface area (Å²) in [5.74, 6) is -0.891. The van der Waals surface area contributed by atoms with Gasteiger partial charge in [-0.15, -0.1) is 0 Å². The standard InChI is InChI=1S/C22H20N4O6/c1-12-18-15(23-24-20(28)13-7-9-14(27)10-8-13)4-2-5-16(18)32-19(12)22(30)26-25-21(29)17-6-3-11-31-17/h3,6-11,27H,2,4-5H2,1H3,(H,24,28)(H,25,29)(H,26,30)/b23-15+. The van der Waals surface area contributed by atoms with Gasteiger partial charge in [0.25, 0.3) is 5.91 Å². The Morgan fingerprint density at radius 3 is 2.47 bits per heavy atom. The fourth-order valence-corrected chi connectivity index (χ4v) is 3.43. The number of nitrogens with zero attached hydrogens (tertiary/aromatic N) is 1. The average molecular weight is 436 g/mol. The van der Waals surface area contributed by atoms with Gasteiger partial charge in [0.1, 0.15) is 11.5 Å². The quantitative estimate of drug-likeness (QED) is 0.462. The van der Waals surface area contributed by atoms with E-state index in [0.717, 1.165) is 6.42 Å². The number of hydrogen-bond donors (Lipinski definition) is 4. The highest BCUT2D eigenvalue weighted by Crippen LogP contribution is 2.29. The first-order valence-electron chi connectivity index (χ1n) is 9.87. The number of aromatic hydroxyl groups is 1. The maximum Gasteiger partial charge on any atom is 0.305 e. The largest absolute Gasteiger partial charge is 0.508 e. The third-order valence-corrected chi connectivity index (χ3v) is 4.99. The molecule has 0 spiro atoms. The molecule has 2 heterocycles. The molecule has 32 heavy (non-hydrogen) atoms. The fraction of sp³-hybridized carbons (Fsp3) is 0.182. The highest BCUT2D eigenvalue weighted by molar-refractivity contribution is 6.07. The summed E-state index contributed by atoms with van der Waals surface area (Å²) in [6.07, 6.45) is 3.31. The van der Waals surface area contributed by atoms with E-state index in [1.54, 1.807) is 13.0 Å². The van der Waals surface area contributed by atoms with Gasteiger partial charge in [-0.05, 0) is 56.2 Å². The van der Waals surface area contributed by atoms with Gasteiger partial charge in [0.05, 0.1) is 12.0 Å². The highest BCUT2D eigenvalue weighted by Gasteiger charge is 2.28. The van der Waals surface area contributed by atoms with Crippen LogP contribution in [0.4, 0.5) is 0 Å². The van der Waals surface area contributed by atoms with E-state index in [2.05, 4.69) is 21.4 Å². The Morgan fingerprint density at radius 2 is 1.75 bits per heavy atom. The second-order valence-electron chi connectivity index (χ2n) is 7.14. The molecule has 1 aliphatic carbocycles. The van der Waals surface area contributed by atoms with E-state index in [4.69, 9.17) is 8.83 Å². The summed E-state index contributed by atoms with van der Waals surface area (Å²) in [4.78, 5) is 36.8. The van der Waals surface area contributed by atoms with Crippen LogP contribution >= 0.6 is 0 Å². The number of hydrogen-bond acceptors (Lipinski definition) is 7. The number of hydrazine groups is 1. The summed E-state index contributed by atoms with van der Waals surface area (Å²) >= 11 is 0. The summed E-state index contributed by atoms with van der Waals surface area (Å²) < 4.78 is 10.7. The monoisotopic (exact) mass is 436 g/mol. The molecule has 0 atom stereocenters. The molecule has 1 aliphatic rings. The molecule has 3 aromatic rings. The first kappa shape index (κ1) is 20.9. The molecule has 3 amide bonds. The topological polar surface area (TPSA) is 146 Å². The van der Waals surface area contributed by atoms with Crippen LogP contribution in [0.15, 0.2) is 56.6 Å². The van der Waals surface area contributed by atoms with Gasteiger partial charge in [-0.2, -0.15) is 5.10 Å². The number of phenolic OH excluding ortho intramolecular Hbond substituents is 1. The van der Waals surface area contributed by atoms with Gasteiger partial charge >= 0.3 is 11.8 Å². The van der Waals surface area contributed by atoms with Crippen LogP contribution in [0.25, 0.3) is 0 Å². The molecular weight excluding hydrogens is 416 g/mol. The van der Waals surface area contributed by atoms with Crippen molar-refractivity contribution in [1.29, 1.82) is 0 Å². The minimum Gasteiger partial charge on any atom is -0.508 e. The molecule has 10 heteroatoms. The Hall–Kier alpha value is -4.34. The summed E-state index contributed by atoms with van der Waals surface area (Å²) in [5.41, 5.74) is 9.25. The van der Waals surface area contributed by atoms with Crippen molar-refractivity contribution >= 4 is 23.4 Å². The van der Waals surface area contributed by atoms with Gasteiger partial charge in [0, 0.05) is 23.1 Å². The van der Waals surface area contributed by atoms with Crippen molar-refractivity contribution in [2.45, 2.75) is 26.2 Å². The lowest BCUT2D eigenvalue weighted by Crippen LogP contribution is -2.41. The van der Waals surface area contributed by atoms with Crippen molar-refractivity contribution in [2.75, 3.05) is 0 Å². The van der Waals surface area contributed by atoms with E-state index in [1.807, 2.05) is 0 Å². The lowest BCUT2D eigenvalue weighted by molar-refractivity contribution is 0.0815. The van der Waals surface area contributed by atoms with Crippen LogP contribution in [0.5, 0.6) is 5.75 Å². The van der Waals surface area contributed by atoms with Crippen LogP contribution in [-0.4, -0.2) is 28.5 Å². The average Bonchev–Trinajstić information content (AvgIpc) is 3.45. The van der Waals surface area contributed by atoms with Gasteiger partial charge in [-0.1, -0.05) is 0 Å². The predicted octanol–water partition coefficient (Wildman–Crippen LogP) is 2.43.